The number of ether oxygens (including phenoxy) is 2. The maximum Gasteiger partial charge on any atom is 0.249 e. The van der Waals surface area contributed by atoms with Gasteiger partial charge in [0.05, 0.1) is 25.4 Å². The molecular weight excluding hydrogens is 883 g/mol. The first-order valence-corrected chi connectivity index (χ1v) is 30.1. The van der Waals surface area contributed by atoms with Gasteiger partial charge in [-0.1, -0.05) is 264 Å². The Bertz CT molecular complexity index is 1140. The fourth-order valence-corrected chi connectivity index (χ4v) is 9.91. The molecule has 416 valence electrons. The molecule has 1 aliphatic rings. The molecule has 1 heterocycles. The van der Waals surface area contributed by atoms with Crippen LogP contribution in [0.15, 0.2) is 12.2 Å². The lowest BCUT2D eigenvalue weighted by Gasteiger charge is -2.40. The number of carbonyl (C=O) groups excluding carboxylic acids is 1. The fraction of sp³-hybridized carbons (Fsp3) is 0.949. The second-order valence-electron chi connectivity index (χ2n) is 21.4. The van der Waals surface area contributed by atoms with E-state index >= 15 is 0 Å². The molecule has 8 N–H and O–H groups in total. The largest absolute Gasteiger partial charge is 0.394 e. The van der Waals surface area contributed by atoms with Crippen LogP contribution in [-0.2, 0) is 14.3 Å². The van der Waals surface area contributed by atoms with E-state index < -0.39 is 74.2 Å². The second-order valence-corrected chi connectivity index (χ2v) is 21.4. The van der Waals surface area contributed by atoms with E-state index in [0.717, 1.165) is 51.4 Å². The molecule has 1 saturated heterocycles. The van der Waals surface area contributed by atoms with Crippen molar-refractivity contribution in [3.8, 4) is 0 Å². The van der Waals surface area contributed by atoms with Crippen LogP contribution < -0.4 is 5.32 Å². The monoisotopic (exact) mass is 998 g/mol. The minimum absolute atomic E-state index is 0.256. The van der Waals surface area contributed by atoms with Crippen molar-refractivity contribution in [2.75, 3.05) is 13.2 Å². The van der Waals surface area contributed by atoms with Crippen molar-refractivity contribution in [2.45, 2.75) is 345 Å². The van der Waals surface area contributed by atoms with Gasteiger partial charge in [-0.2, -0.15) is 0 Å². The molecule has 1 amide bonds. The summed E-state index contributed by atoms with van der Waals surface area (Å²) in [5.41, 5.74) is 0. The van der Waals surface area contributed by atoms with Crippen molar-refractivity contribution in [1.29, 1.82) is 0 Å². The van der Waals surface area contributed by atoms with Gasteiger partial charge in [-0.05, 0) is 38.5 Å². The zero-order valence-electron chi connectivity index (χ0n) is 45.5. The molecule has 0 aromatic rings. The van der Waals surface area contributed by atoms with Gasteiger partial charge in [0.1, 0.15) is 36.6 Å². The van der Waals surface area contributed by atoms with E-state index in [-0.39, 0.29) is 6.42 Å². The standard InChI is InChI=1S/C59H115NO10/c1-3-5-7-9-11-13-15-17-19-21-23-25-26-27-29-30-32-34-36-38-40-42-44-46-51(62)54(64)50(49-69-59-57(67)56(66)55(65)53(48-61)70-59)60-58(68)52(63)47-45-43-41-39-37-35-33-31-28-24-22-20-18-16-14-12-10-8-6-4-2/h28,31,50-57,59,61-67H,3-27,29-30,32-49H2,1-2H3,(H,60,68)/b31-28-. The number of allylic oxidation sites excluding steroid dienone is 2. The molecule has 0 bridgehead atoms. The minimum Gasteiger partial charge on any atom is -0.394 e. The Labute approximate surface area is 430 Å². The summed E-state index contributed by atoms with van der Waals surface area (Å²) < 4.78 is 11.2. The highest BCUT2D eigenvalue weighted by molar-refractivity contribution is 5.80. The van der Waals surface area contributed by atoms with Gasteiger partial charge in [0, 0.05) is 0 Å². The molecule has 0 aliphatic carbocycles. The van der Waals surface area contributed by atoms with Crippen LogP contribution in [0.4, 0.5) is 0 Å². The molecule has 0 aromatic heterocycles. The molecule has 0 saturated carbocycles. The highest BCUT2D eigenvalue weighted by atomic mass is 16.7. The molecule has 11 nitrogen and oxygen atoms in total. The minimum atomic E-state index is -1.66. The molecule has 70 heavy (non-hydrogen) atoms. The van der Waals surface area contributed by atoms with Crippen LogP contribution in [0.3, 0.4) is 0 Å². The van der Waals surface area contributed by atoms with E-state index in [1.807, 2.05) is 0 Å². The Hall–Kier alpha value is -1.15. The van der Waals surface area contributed by atoms with Crippen LogP contribution in [0.25, 0.3) is 0 Å². The predicted octanol–water partition coefficient (Wildman–Crippen LogP) is 12.7. The van der Waals surface area contributed by atoms with Crippen molar-refractivity contribution in [1.82, 2.24) is 5.32 Å². The van der Waals surface area contributed by atoms with Gasteiger partial charge in [0.15, 0.2) is 6.29 Å². The van der Waals surface area contributed by atoms with E-state index in [1.165, 1.54) is 199 Å². The lowest BCUT2D eigenvalue weighted by molar-refractivity contribution is -0.303. The molecule has 9 unspecified atom stereocenters. The number of hydrogen-bond acceptors (Lipinski definition) is 10. The molecular formula is C59H115NO10. The Morgan fingerprint density at radius 2 is 0.829 bits per heavy atom. The third-order valence-corrected chi connectivity index (χ3v) is 14.8. The summed E-state index contributed by atoms with van der Waals surface area (Å²) in [6.07, 6.45) is 45.5. The molecule has 1 fully saturated rings. The lowest BCUT2D eigenvalue weighted by atomic mass is 9.98. The van der Waals surface area contributed by atoms with E-state index in [2.05, 4.69) is 31.3 Å². The first-order valence-electron chi connectivity index (χ1n) is 30.1. The van der Waals surface area contributed by atoms with E-state index in [9.17, 15) is 40.5 Å². The molecule has 11 heteroatoms. The third kappa shape index (κ3) is 36.7. The van der Waals surface area contributed by atoms with Crippen molar-refractivity contribution in [3.05, 3.63) is 12.2 Å². The summed E-state index contributed by atoms with van der Waals surface area (Å²) in [7, 11) is 0. The smallest absolute Gasteiger partial charge is 0.249 e. The molecule has 1 rings (SSSR count). The van der Waals surface area contributed by atoms with Crippen LogP contribution in [-0.4, -0.2) is 110 Å². The van der Waals surface area contributed by atoms with Crippen LogP contribution in [0, 0.1) is 0 Å². The number of rotatable bonds is 52. The number of aliphatic hydroxyl groups is 7. The zero-order valence-corrected chi connectivity index (χ0v) is 45.5. The summed E-state index contributed by atoms with van der Waals surface area (Å²) in [6, 6.07) is -1.17. The molecule has 9 atom stereocenters. The quantitative estimate of drug-likeness (QED) is 0.0215. The summed E-state index contributed by atoms with van der Waals surface area (Å²) in [6.45, 7) is 3.49. The van der Waals surface area contributed by atoms with Gasteiger partial charge >= 0.3 is 0 Å². The highest BCUT2D eigenvalue weighted by Gasteiger charge is 2.44. The normalized spacial score (nSPS) is 20.3. The maximum absolute atomic E-state index is 13.2. The first kappa shape index (κ1) is 66.9. The van der Waals surface area contributed by atoms with Crippen LogP contribution in [0.1, 0.15) is 290 Å². The number of nitrogens with one attached hydrogen (secondary N) is 1. The number of hydrogen-bond donors (Lipinski definition) is 8. The van der Waals surface area contributed by atoms with Crippen molar-refractivity contribution < 1.29 is 50.0 Å². The van der Waals surface area contributed by atoms with Gasteiger partial charge in [0.2, 0.25) is 5.91 Å². The lowest BCUT2D eigenvalue weighted by Crippen LogP contribution is -2.60. The third-order valence-electron chi connectivity index (χ3n) is 14.8. The van der Waals surface area contributed by atoms with Crippen molar-refractivity contribution in [3.63, 3.8) is 0 Å². The van der Waals surface area contributed by atoms with Gasteiger partial charge in [0.25, 0.3) is 0 Å². The van der Waals surface area contributed by atoms with Gasteiger partial charge < -0.3 is 50.5 Å². The second kappa shape index (κ2) is 48.8. The summed E-state index contributed by atoms with van der Waals surface area (Å²) in [5.74, 6) is -0.696. The summed E-state index contributed by atoms with van der Waals surface area (Å²) in [5, 5.41) is 76.2. The Morgan fingerprint density at radius 3 is 1.20 bits per heavy atom. The number of carbonyl (C=O) groups is 1. The van der Waals surface area contributed by atoms with Crippen LogP contribution >= 0.6 is 0 Å². The Kier molecular flexibility index (Phi) is 46.6. The first-order chi connectivity index (χ1) is 34.2. The van der Waals surface area contributed by atoms with E-state index in [4.69, 9.17) is 9.47 Å². The Balaban J connectivity index is 2.29. The zero-order chi connectivity index (χ0) is 51.1. The maximum atomic E-state index is 13.2. The van der Waals surface area contributed by atoms with Crippen molar-refractivity contribution in [2.24, 2.45) is 0 Å². The molecule has 0 radical (unpaired) electrons. The SMILES string of the molecule is CCCCCCCCCCCC/C=C\CCCCCCCCC(O)C(=O)NC(COC1OC(CO)C(O)C(O)C1O)C(O)C(O)CCCCCCCCCCCCCCCCCCCCCCCCC. The summed E-state index contributed by atoms with van der Waals surface area (Å²) in [4.78, 5) is 13.2. The van der Waals surface area contributed by atoms with Crippen LogP contribution in [0.5, 0.6) is 0 Å². The summed E-state index contributed by atoms with van der Waals surface area (Å²) >= 11 is 0. The van der Waals surface area contributed by atoms with Gasteiger partial charge in [-0.3, -0.25) is 4.79 Å². The van der Waals surface area contributed by atoms with E-state index in [1.54, 1.807) is 0 Å². The number of aliphatic hydroxyl groups excluding tert-OH is 7. The fourth-order valence-electron chi connectivity index (χ4n) is 9.91. The molecule has 0 aromatic carbocycles. The van der Waals surface area contributed by atoms with Gasteiger partial charge in [-0.15, -0.1) is 0 Å². The average molecular weight is 999 g/mol. The predicted molar refractivity (Wildman–Crippen MR) is 289 cm³/mol. The number of amides is 1. The Morgan fingerprint density at radius 1 is 0.486 bits per heavy atom. The highest BCUT2D eigenvalue weighted by Crippen LogP contribution is 2.24. The van der Waals surface area contributed by atoms with Crippen LogP contribution in [0.2, 0.25) is 0 Å². The van der Waals surface area contributed by atoms with E-state index in [0.29, 0.717) is 19.3 Å². The molecule has 1 aliphatic heterocycles. The topological polar surface area (TPSA) is 189 Å². The molecule has 0 spiro atoms. The number of unbranched alkanes of at least 4 members (excludes halogenated alkanes) is 38. The van der Waals surface area contributed by atoms with Gasteiger partial charge in [-0.25, -0.2) is 0 Å². The average Bonchev–Trinajstić information content (AvgIpc) is 3.36. The van der Waals surface area contributed by atoms with Crippen molar-refractivity contribution >= 4 is 5.91 Å².